The van der Waals surface area contributed by atoms with E-state index in [9.17, 15) is 4.39 Å². The highest BCUT2D eigenvalue weighted by molar-refractivity contribution is 14.1. The van der Waals surface area contributed by atoms with Crippen LogP contribution in [-0.2, 0) is 0 Å². The van der Waals surface area contributed by atoms with Gasteiger partial charge in [-0.3, -0.25) is 0 Å². The minimum atomic E-state index is -0.431. The second-order valence-corrected chi connectivity index (χ2v) is 5.90. The summed E-state index contributed by atoms with van der Waals surface area (Å²) >= 11 is 13.0. The van der Waals surface area contributed by atoms with Gasteiger partial charge < -0.3 is 11.1 Å². The standard InChI is InChI=1S/C13H9ClFIN2S/c14-9-6-8(16)2-4-11(9)18-12-3-1-7(13(17)19)5-10(12)15/h1-6,18H,(H2,17,19). The van der Waals surface area contributed by atoms with Gasteiger partial charge in [-0.05, 0) is 59.0 Å². The lowest BCUT2D eigenvalue weighted by atomic mass is 10.2. The normalized spacial score (nSPS) is 10.3. The fourth-order valence-electron chi connectivity index (χ4n) is 1.51. The Morgan fingerprint density at radius 3 is 2.47 bits per heavy atom. The van der Waals surface area contributed by atoms with Gasteiger partial charge in [-0.1, -0.05) is 23.8 Å². The van der Waals surface area contributed by atoms with Crippen molar-refractivity contribution < 1.29 is 4.39 Å². The van der Waals surface area contributed by atoms with Crippen LogP contribution < -0.4 is 11.1 Å². The number of hydrogen-bond acceptors (Lipinski definition) is 2. The maximum absolute atomic E-state index is 13.9. The molecule has 0 aromatic heterocycles. The number of hydrogen-bond donors (Lipinski definition) is 2. The van der Waals surface area contributed by atoms with Crippen LogP contribution in [0.3, 0.4) is 0 Å². The molecule has 2 aromatic rings. The predicted molar refractivity (Wildman–Crippen MR) is 89.7 cm³/mol. The third kappa shape index (κ3) is 3.55. The lowest BCUT2D eigenvalue weighted by Gasteiger charge is -2.10. The van der Waals surface area contributed by atoms with E-state index in [1.54, 1.807) is 24.3 Å². The third-order valence-electron chi connectivity index (χ3n) is 2.45. The summed E-state index contributed by atoms with van der Waals surface area (Å²) < 4.78 is 14.9. The summed E-state index contributed by atoms with van der Waals surface area (Å²) in [5.41, 5.74) is 6.91. The lowest BCUT2D eigenvalue weighted by molar-refractivity contribution is 0.631. The van der Waals surface area contributed by atoms with Gasteiger partial charge in [0.1, 0.15) is 10.8 Å². The fourth-order valence-corrected chi connectivity index (χ4v) is 2.54. The molecule has 0 radical (unpaired) electrons. The first-order chi connectivity index (χ1) is 8.97. The van der Waals surface area contributed by atoms with E-state index in [0.29, 0.717) is 22.0 Å². The van der Waals surface area contributed by atoms with Gasteiger partial charge in [0.15, 0.2) is 0 Å². The number of halogens is 3. The molecule has 0 spiro atoms. The van der Waals surface area contributed by atoms with Crippen molar-refractivity contribution in [3.05, 3.63) is 56.4 Å². The highest BCUT2D eigenvalue weighted by Gasteiger charge is 2.07. The van der Waals surface area contributed by atoms with Crippen molar-refractivity contribution in [3.8, 4) is 0 Å². The summed E-state index contributed by atoms with van der Waals surface area (Å²) in [6.07, 6.45) is 0. The molecule has 2 aromatic carbocycles. The van der Waals surface area contributed by atoms with Crippen LogP contribution in [0, 0.1) is 9.39 Å². The molecule has 0 saturated heterocycles. The van der Waals surface area contributed by atoms with Gasteiger partial charge in [-0.2, -0.15) is 0 Å². The topological polar surface area (TPSA) is 38.0 Å². The average molecular weight is 407 g/mol. The second-order valence-electron chi connectivity index (χ2n) is 3.81. The Kier molecular flexibility index (Phi) is 4.59. The Morgan fingerprint density at radius 1 is 1.21 bits per heavy atom. The van der Waals surface area contributed by atoms with Gasteiger partial charge in [0.25, 0.3) is 0 Å². The van der Waals surface area contributed by atoms with Gasteiger partial charge >= 0.3 is 0 Å². The van der Waals surface area contributed by atoms with E-state index in [1.165, 1.54) is 6.07 Å². The first-order valence-electron chi connectivity index (χ1n) is 5.29. The van der Waals surface area contributed by atoms with Crippen LogP contribution in [0.5, 0.6) is 0 Å². The quantitative estimate of drug-likeness (QED) is 0.584. The maximum atomic E-state index is 13.9. The molecule has 0 amide bonds. The van der Waals surface area contributed by atoms with Gasteiger partial charge in [0.2, 0.25) is 0 Å². The monoisotopic (exact) mass is 406 g/mol. The minimum Gasteiger partial charge on any atom is -0.389 e. The van der Waals surface area contributed by atoms with Crippen molar-refractivity contribution in [2.24, 2.45) is 5.73 Å². The number of rotatable bonds is 3. The van der Waals surface area contributed by atoms with Crippen molar-refractivity contribution in [2.45, 2.75) is 0 Å². The van der Waals surface area contributed by atoms with Crippen LogP contribution in [0.2, 0.25) is 5.02 Å². The van der Waals surface area contributed by atoms with E-state index in [2.05, 4.69) is 27.9 Å². The molecule has 0 unspecified atom stereocenters. The maximum Gasteiger partial charge on any atom is 0.147 e. The molecule has 6 heteroatoms. The zero-order valence-electron chi connectivity index (χ0n) is 9.58. The van der Waals surface area contributed by atoms with Gasteiger partial charge in [0.05, 0.1) is 16.4 Å². The van der Waals surface area contributed by atoms with Crippen molar-refractivity contribution in [1.82, 2.24) is 0 Å². The summed E-state index contributed by atoms with van der Waals surface area (Å²) in [6.45, 7) is 0. The van der Waals surface area contributed by atoms with Crippen LogP contribution in [0.4, 0.5) is 15.8 Å². The Labute approximate surface area is 134 Å². The first-order valence-corrected chi connectivity index (χ1v) is 7.15. The molecule has 0 aliphatic rings. The van der Waals surface area contributed by atoms with Crippen LogP contribution in [0.25, 0.3) is 0 Å². The first kappa shape index (κ1) is 14.5. The van der Waals surface area contributed by atoms with E-state index in [1.807, 2.05) is 6.07 Å². The summed E-state index contributed by atoms with van der Waals surface area (Å²) in [6, 6.07) is 10.0. The Hall–Kier alpha value is -0.920. The van der Waals surface area contributed by atoms with Crippen molar-refractivity contribution in [1.29, 1.82) is 0 Å². The number of benzene rings is 2. The number of anilines is 2. The van der Waals surface area contributed by atoms with E-state index in [0.717, 1.165) is 3.57 Å². The summed E-state index contributed by atoms with van der Waals surface area (Å²) in [4.78, 5) is 0.165. The Morgan fingerprint density at radius 2 is 1.89 bits per heavy atom. The number of thiocarbonyl (C=S) groups is 1. The predicted octanol–water partition coefficient (Wildman–Crippen LogP) is 4.46. The minimum absolute atomic E-state index is 0.165. The molecule has 98 valence electrons. The molecule has 19 heavy (non-hydrogen) atoms. The highest BCUT2D eigenvalue weighted by atomic mass is 127. The van der Waals surface area contributed by atoms with Crippen LogP contribution in [-0.4, -0.2) is 4.99 Å². The smallest absolute Gasteiger partial charge is 0.147 e. The highest BCUT2D eigenvalue weighted by Crippen LogP contribution is 2.28. The molecule has 0 atom stereocenters. The van der Waals surface area contributed by atoms with E-state index >= 15 is 0 Å². The van der Waals surface area contributed by atoms with Gasteiger partial charge in [-0.25, -0.2) is 4.39 Å². The van der Waals surface area contributed by atoms with Gasteiger partial charge in [0, 0.05) is 9.13 Å². The molecule has 0 fully saturated rings. The second kappa shape index (κ2) is 6.02. The van der Waals surface area contributed by atoms with Crippen LogP contribution in [0.1, 0.15) is 5.56 Å². The molecule has 0 bridgehead atoms. The fraction of sp³-hybridized carbons (Fsp3) is 0. The zero-order valence-corrected chi connectivity index (χ0v) is 13.3. The zero-order chi connectivity index (χ0) is 14.0. The molecule has 3 N–H and O–H groups in total. The average Bonchev–Trinajstić information content (AvgIpc) is 2.34. The van der Waals surface area contributed by atoms with Gasteiger partial charge in [-0.15, -0.1) is 0 Å². The third-order valence-corrected chi connectivity index (χ3v) is 3.67. The molecule has 0 saturated carbocycles. The Balaban J connectivity index is 2.31. The van der Waals surface area contributed by atoms with Crippen molar-refractivity contribution in [3.63, 3.8) is 0 Å². The number of nitrogens with one attached hydrogen (secondary N) is 1. The molecule has 0 heterocycles. The molecule has 0 aliphatic heterocycles. The largest absolute Gasteiger partial charge is 0.389 e. The van der Waals surface area contributed by atoms with E-state index in [4.69, 9.17) is 29.6 Å². The summed E-state index contributed by atoms with van der Waals surface area (Å²) in [5, 5.41) is 3.47. The molecular weight excluding hydrogens is 398 g/mol. The lowest BCUT2D eigenvalue weighted by Crippen LogP contribution is -2.09. The molecular formula is C13H9ClFIN2S. The summed E-state index contributed by atoms with van der Waals surface area (Å²) in [5.74, 6) is -0.431. The molecule has 0 aliphatic carbocycles. The Bertz CT molecular complexity index is 649. The number of nitrogens with two attached hydrogens (primary N) is 1. The van der Waals surface area contributed by atoms with Crippen molar-refractivity contribution >= 4 is 62.8 Å². The van der Waals surface area contributed by atoms with E-state index in [-0.39, 0.29) is 4.99 Å². The van der Waals surface area contributed by atoms with Crippen LogP contribution >= 0.6 is 46.4 Å². The van der Waals surface area contributed by atoms with Crippen molar-refractivity contribution in [2.75, 3.05) is 5.32 Å². The molecule has 2 rings (SSSR count). The summed E-state index contributed by atoms with van der Waals surface area (Å²) in [7, 11) is 0. The van der Waals surface area contributed by atoms with Crippen LogP contribution in [0.15, 0.2) is 36.4 Å². The molecule has 2 nitrogen and oxygen atoms in total. The SMILES string of the molecule is NC(=S)c1ccc(Nc2ccc(I)cc2Cl)c(F)c1. The van der Waals surface area contributed by atoms with E-state index < -0.39 is 5.82 Å².